The third-order valence-electron chi connectivity index (χ3n) is 3.71. The van der Waals surface area contributed by atoms with Gasteiger partial charge in [-0.25, -0.2) is 4.79 Å². The second-order valence-corrected chi connectivity index (χ2v) is 7.09. The van der Waals surface area contributed by atoms with Crippen LogP contribution in [0.25, 0.3) is 5.69 Å². The molecule has 0 atom stereocenters. The summed E-state index contributed by atoms with van der Waals surface area (Å²) in [6, 6.07) is 11.2. The predicted octanol–water partition coefficient (Wildman–Crippen LogP) is 2.48. The van der Waals surface area contributed by atoms with E-state index in [9.17, 15) is 9.59 Å². The number of amides is 3. The Morgan fingerprint density at radius 2 is 2.03 bits per heavy atom. The Hall–Kier alpha value is -3.31. The average Bonchev–Trinajstić information content (AvgIpc) is 3.35. The molecule has 0 saturated carbocycles. The molecule has 0 fully saturated rings. The largest absolute Gasteiger partial charge is 0.454 e. The van der Waals surface area contributed by atoms with Crippen LogP contribution in [-0.4, -0.2) is 44.7 Å². The van der Waals surface area contributed by atoms with E-state index in [1.165, 1.54) is 4.68 Å². The summed E-state index contributed by atoms with van der Waals surface area (Å²) < 4.78 is 11.9. The standard InChI is InChI=1S/C17H13ClN6O4S/c18-10-2-1-3-12(6-10)24-17(21-22-23-24)29-8-15(25)20-16(26)19-11-4-5-13-14(7-11)28-9-27-13/h1-7H,8-9H2,(H2,19,20,25,26). The molecule has 1 aliphatic rings. The molecule has 148 valence electrons. The van der Waals surface area contributed by atoms with Gasteiger partial charge in [-0.2, -0.15) is 4.68 Å². The highest BCUT2D eigenvalue weighted by molar-refractivity contribution is 7.99. The molecule has 0 unspecified atom stereocenters. The molecule has 0 radical (unpaired) electrons. The number of carbonyl (C=O) groups is 2. The molecular formula is C17H13ClN6O4S. The van der Waals surface area contributed by atoms with Crippen molar-refractivity contribution in [3.8, 4) is 17.2 Å². The van der Waals surface area contributed by atoms with Crippen LogP contribution in [0.4, 0.5) is 10.5 Å². The Morgan fingerprint density at radius 1 is 1.17 bits per heavy atom. The van der Waals surface area contributed by atoms with E-state index in [0.717, 1.165) is 11.8 Å². The molecule has 2 N–H and O–H groups in total. The number of rotatable bonds is 5. The third-order valence-corrected chi connectivity index (χ3v) is 4.86. The van der Waals surface area contributed by atoms with Gasteiger partial charge in [0.15, 0.2) is 11.5 Å². The Bertz CT molecular complexity index is 1080. The molecule has 29 heavy (non-hydrogen) atoms. The van der Waals surface area contributed by atoms with Crippen molar-refractivity contribution in [2.24, 2.45) is 0 Å². The van der Waals surface area contributed by atoms with Crippen LogP contribution in [0.5, 0.6) is 11.5 Å². The summed E-state index contributed by atoms with van der Waals surface area (Å²) in [6.07, 6.45) is 0. The van der Waals surface area contributed by atoms with E-state index >= 15 is 0 Å². The van der Waals surface area contributed by atoms with E-state index in [0.29, 0.717) is 33.1 Å². The predicted molar refractivity (Wildman–Crippen MR) is 105 cm³/mol. The van der Waals surface area contributed by atoms with E-state index in [1.807, 2.05) is 0 Å². The third kappa shape index (κ3) is 4.58. The van der Waals surface area contributed by atoms with Crippen molar-refractivity contribution in [1.29, 1.82) is 0 Å². The molecule has 2 aromatic carbocycles. The van der Waals surface area contributed by atoms with Crippen LogP contribution in [0.15, 0.2) is 47.6 Å². The van der Waals surface area contributed by atoms with Crippen LogP contribution in [0.3, 0.4) is 0 Å². The zero-order valence-corrected chi connectivity index (χ0v) is 16.2. The number of carbonyl (C=O) groups excluding carboxylic acids is 2. The van der Waals surface area contributed by atoms with Crippen molar-refractivity contribution in [2.45, 2.75) is 5.16 Å². The minimum absolute atomic E-state index is 0.0600. The van der Waals surface area contributed by atoms with Gasteiger partial charge in [-0.05, 0) is 40.8 Å². The summed E-state index contributed by atoms with van der Waals surface area (Å²) in [5.74, 6) is 0.558. The molecule has 1 aromatic heterocycles. The molecule has 10 nitrogen and oxygen atoms in total. The van der Waals surface area contributed by atoms with Crippen LogP contribution in [0, 0.1) is 0 Å². The van der Waals surface area contributed by atoms with Gasteiger partial charge in [0.1, 0.15) is 0 Å². The van der Waals surface area contributed by atoms with Gasteiger partial charge in [0.2, 0.25) is 17.9 Å². The molecule has 2 heterocycles. The summed E-state index contributed by atoms with van der Waals surface area (Å²) in [7, 11) is 0. The van der Waals surface area contributed by atoms with Gasteiger partial charge in [-0.3, -0.25) is 10.1 Å². The van der Waals surface area contributed by atoms with Crippen LogP contribution < -0.4 is 20.1 Å². The fourth-order valence-corrected chi connectivity index (χ4v) is 3.34. The summed E-state index contributed by atoms with van der Waals surface area (Å²) >= 11 is 7.07. The number of hydrogen-bond acceptors (Lipinski definition) is 8. The summed E-state index contributed by atoms with van der Waals surface area (Å²) in [4.78, 5) is 24.1. The highest BCUT2D eigenvalue weighted by atomic mass is 35.5. The molecule has 3 amide bonds. The minimum Gasteiger partial charge on any atom is -0.454 e. The first-order valence-electron chi connectivity index (χ1n) is 8.26. The van der Waals surface area contributed by atoms with Gasteiger partial charge in [-0.15, -0.1) is 5.10 Å². The number of benzene rings is 2. The van der Waals surface area contributed by atoms with Crippen molar-refractivity contribution >= 4 is 41.0 Å². The Kier molecular flexibility index (Phi) is 5.49. The monoisotopic (exact) mass is 432 g/mol. The number of halogens is 1. The number of nitrogens with zero attached hydrogens (tertiary/aromatic N) is 4. The first-order valence-corrected chi connectivity index (χ1v) is 9.62. The number of ether oxygens (including phenoxy) is 2. The quantitative estimate of drug-likeness (QED) is 0.590. The van der Waals surface area contributed by atoms with Crippen molar-refractivity contribution in [1.82, 2.24) is 25.5 Å². The fourth-order valence-electron chi connectivity index (χ4n) is 2.47. The lowest BCUT2D eigenvalue weighted by Gasteiger charge is -2.07. The van der Waals surface area contributed by atoms with Gasteiger partial charge < -0.3 is 14.8 Å². The Labute approximate surface area is 173 Å². The van der Waals surface area contributed by atoms with Crippen molar-refractivity contribution < 1.29 is 19.1 Å². The van der Waals surface area contributed by atoms with Gasteiger partial charge in [0.05, 0.1) is 11.4 Å². The zero-order chi connectivity index (χ0) is 20.2. The van der Waals surface area contributed by atoms with E-state index < -0.39 is 11.9 Å². The molecular weight excluding hydrogens is 420 g/mol. The number of thioether (sulfide) groups is 1. The normalized spacial score (nSPS) is 11.9. The maximum atomic E-state index is 12.1. The summed E-state index contributed by atoms with van der Waals surface area (Å²) in [6.45, 7) is 0.134. The van der Waals surface area contributed by atoms with E-state index in [1.54, 1.807) is 42.5 Å². The summed E-state index contributed by atoms with van der Waals surface area (Å²) in [5, 5.41) is 17.1. The van der Waals surface area contributed by atoms with Crippen LogP contribution in [0.2, 0.25) is 5.02 Å². The molecule has 12 heteroatoms. The van der Waals surface area contributed by atoms with Crippen LogP contribution in [0.1, 0.15) is 0 Å². The molecule has 0 bridgehead atoms. The lowest BCUT2D eigenvalue weighted by molar-refractivity contribution is -0.117. The van der Waals surface area contributed by atoms with E-state index in [-0.39, 0.29) is 12.5 Å². The van der Waals surface area contributed by atoms with Crippen molar-refractivity contribution in [3.63, 3.8) is 0 Å². The van der Waals surface area contributed by atoms with Gasteiger partial charge in [0, 0.05) is 16.8 Å². The minimum atomic E-state index is -0.663. The number of fused-ring (bicyclic) bond motifs is 1. The number of anilines is 1. The highest BCUT2D eigenvalue weighted by Crippen LogP contribution is 2.34. The zero-order valence-electron chi connectivity index (χ0n) is 14.7. The second-order valence-electron chi connectivity index (χ2n) is 5.71. The Morgan fingerprint density at radius 3 is 2.90 bits per heavy atom. The van der Waals surface area contributed by atoms with Gasteiger partial charge >= 0.3 is 6.03 Å². The first-order chi connectivity index (χ1) is 14.1. The number of urea groups is 1. The lowest BCUT2D eigenvalue weighted by atomic mass is 10.3. The number of aromatic nitrogens is 4. The average molecular weight is 433 g/mol. The summed E-state index contributed by atoms with van der Waals surface area (Å²) in [5.41, 5.74) is 1.13. The van der Waals surface area contributed by atoms with Crippen LogP contribution >= 0.6 is 23.4 Å². The molecule has 3 aromatic rings. The second kappa shape index (κ2) is 8.37. The van der Waals surface area contributed by atoms with Crippen molar-refractivity contribution in [2.75, 3.05) is 17.9 Å². The Balaban J connectivity index is 1.31. The molecule has 1 aliphatic heterocycles. The maximum absolute atomic E-state index is 12.1. The first kappa shape index (κ1) is 19.0. The van der Waals surface area contributed by atoms with Crippen LogP contribution in [-0.2, 0) is 4.79 Å². The number of tetrazole rings is 1. The molecule has 0 aliphatic carbocycles. The van der Waals surface area contributed by atoms with Crippen molar-refractivity contribution in [3.05, 3.63) is 47.5 Å². The molecule has 4 rings (SSSR count). The molecule has 0 spiro atoms. The number of hydrogen-bond donors (Lipinski definition) is 2. The maximum Gasteiger partial charge on any atom is 0.325 e. The topological polar surface area (TPSA) is 120 Å². The fraction of sp³-hybridized carbons (Fsp3) is 0.118. The van der Waals surface area contributed by atoms with E-state index in [2.05, 4.69) is 26.2 Å². The lowest BCUT2D eigenvalue weighted by Crippen LogP contribution is -2.35. The van der Waals surface area contributed by atoms with Gasteiger partial charge in [0.25, 0.3) is 0 Å². The van der Waals surface area contributed by atoms with E-state index in [4.69, 9.17) is 21.1 Å². The highest BCUT2D eigenvalue weighted by Gasteiger charge is 2.16. The smallest absolute Gasteiger partial charge is 0.325 e. The number of imide groups is 1. The van der Waals surface area contributed by atoms with Gasteiger partial charge in [-0.1, -0.05) is 29.4 Å². The number of nitrogens with one attached hydrogen (secondary N) is 2. The SMILES string of the molecule is O=C(CSc1nnnn1-c1cccc(Cl)c1)NC(=O)Nc1ccc2c(c1)OCO2. The molecule has 0 saturated heterocycles.